The van der Waals surface area contributed by atoms with Gasteiger partial charge in [-0.25, -0.2) is 0 Å². The average molecular weight is 242 g/mol. The second-order valence-electron chi connectivity index (χ2n) is 2.29. The van der Waals surface area contributed by atoms with Crippen molar-refractivity contribution in [3.8, 4) is 0 Å². The fourth-order valence-electron chi connectivity index (χ4n) is 0.752. The van der Waals surface area contributed by atoms with Crippen LogP contribution < -0.4 is 5.73 Å². The van der Waals surface area contributed by atoms with Crippen molar-refractivity contribution < 1.29 is 0 Å². The predicted octanol–water partition coefficient (Wildman–Crippen LogP) is 2.75. The number of rotatable bonds is 2. The number of hydrogen-bond acceptors (Lipinski definition) is 1. The van der Waals surface area contributed by atoms with Crippen molar-refractivity contribution in [2.75, 3.05) is 0 Å². The van der Waals surface area contributed by atoms with E-state index in [-0.39, 0.29) is 0 Å². The lowest BCUT2D eigenvalue weighted by Gasteiger charge is -1.92. The average Bonchev–Trinajstić information content (AvgIpc) is 2.03. The first-order valence-electron chi connectivity index (χ1n) is 3.41. The van der Waals surface area contributed by atoms with E-state index in [1.54, 1.807) is 6.08 Å². The van der Waals surface area contributed by atoms with Gasteiger partial charge in [-0.3, -0.25) is 0 Å². The van der Waals surface area contributed by atoms with Crippen molar-refractivity contribution in [1.82, 2.24) is 0 Å². The maximum atomic E-state index is 5.31. The maximum Gasteiger partial charge on any atom is 0.0962 e. The summed E-state index contributed by atoms with van der Waals surface area (Å²) < 4.78 is 1.06. The summed E-state index contributed by atoms with van der Waals surface area (Å²) in [5.41, 5.74) is 6.39. The van der Waals surface area contributed by atoms with Crippen molar-refractivity contribution in [2.24, 2.45) is 5.73 Å². The van der Waals surface area contributed by atoms with Crippen LogP contribution in [-0.4, -0.2) is 4.99 Å². The highest BCUT2D eigenvalue weighted by atomic mass is 79.9. The van der Waals surface area contributed by atoms with Crippen LogP contribution in [0.25, 0.3) is 6.08 Å². The van der Waals surface area contributed by atoms with E-state index < -0.39 is 0 Å². The number of benzene rings is 1. The summed E-state index contributed by atoms with van der Waals surface area (Å²) in [6.45, 7) is 0. The largest absolute Gasteiger partial charge is 0.390 e. The van der Waals surface area contributed by atoms with E-state index in [0.29, 0.717) is 4.99 Å². The topological polar surface area (TPSA) is 26.0 Å². The van der Waals surface area contributed by atoms with Gasteiger partial charge < -0.3 is 5.73 Å². The fraction of sp³-hybridized carbons (Fsp3) is 0. The van der Waals surface area contributed by atoms with Crippen molar-refractivity contribution in [1.29, 1.82) is 0 Å². The summed E-state index contributed by atoms with van der Waals surface area (Å²) in [6.07, 6.45) is 3.59. The van der Waals surface area contributed by atoms with Crippen LogP contribution in [0.5, 0.6) is 0 Å². The lowest BCUT2D eigenvalue weighted by Crippen LogP contribution is -2.01. The lowest BCUT2D eigenvalue weighted by atomic mass is 10.2. The number of nitrogens with two attached hydrogens (primary N) is 1. The molecule has 62 valence electrons. The molecule has 0 spiro atoms. The molecule has 12 heavy (non-hydrogen) atoms. The van der Waals surface area contributed by atoms with Gasteiger partial charge in [-0.2, -0.15) is 0 Å². The standard InChI is InChI=1S/C9H8BrNS/c10-8-4-1-7(2-5-8)3-6-9(11)12/h1-6H,(H2,11,12)/b6-3+. The number of halogens is 1. The molecule has 2 N–H and O–H groups in total. The van der Waals surface area contributed by atoms with E-state index in [9.17, 15) is 0 Å². The van der Waals surface area contributed by atoms with Crippen molar-refractivity contribution in [2.45, 2.75) is 0 Å². The van der Waals surface area contributed by atoms with Gasteiger partial charge in [0.15, 0.2) is 0 Å². The number of thiocarbonyl (C=S) groups is 1. The predicted molar refractivity (Wildman–Crippen MR) is 60.0 cm³/mol. The van der Waals surface area contributed by atoms with Crippen LogP contribution in [0.4, 0.5) is 0 Å². The zero-order chi connectivity index (χ0) is 8.97. The van der Waals surface area contributed by atoms with Crippen molar-refractivity contribution >= 4 is 39.2 Å². The molecule has 0 fully saturated rings. The van der Waals surface area contributed by atoms with Crippen LogP contribution in [-0.2, 0) is 0 Å². The van der Waals surface area contributed by atoms with Gasteiger partial charge >= 0.3 is 0 Å². The molecule has 0 unspecified atom stereocenters. The monoisotopic (exact) mass is 241 g/mol. The molecule has 0 aliphatic carbocycles. The first-order valence-corrected chi connectivity index (χ1v) is 4.62. The molecule has 0 saturated heterocycles. The Morgan fingerprint density at radius 2 is 1.92 bits per heavy atom. The highest BCUT2D eigenvalue weighted by molar-refractivity contribution is 9.10. The Hall–Kier alpha value is -0.670. The van der Waals surface area contributed by atoms with Crippen LogP contribution in [0.1, 0.15) is 5.56 Å². The van der Waals surface area contributed by atoms with Gasteiger partial charge in [0, 0.05) is 4.47 Å². The van der Waals surface area contributed by atoms with E-state index in [2.05, 4.69) is 15.9 Å². The smallest absolute Gasteiger partial charge is 0.0962 e. The quantitative estimate of drug-likeness (QED) is 0.637. The summed E-state index contributed by atoms with van der Waals surface area (Å²) in [5.74, 6) is 0. The van der Waals surface area contributed by atoms with E-state index in [1.165, 1.54) is 0 Å². The molecule has 1 nitrogen and oxygen atoms in total. The van der Waals surface area contributed by atoms with Gasteiger partial charge in [-0.05, 0) is 23.8 Å². The Kier molecular flexibility index (Phi) is 3.44. The Morgan fingerprint density at radius 1 is 1.33 bits per heavy atom. The minimum atomic E-state index is 0.401. The minimum absolute atomic E-state index is 0.401. The SMILES string of the molecule is NC(=S)/C=C/c1ccc(Br)cc1. The molecule has 0 saturated carbocycles. The second kappa shape index (κ2) is 4.38. The van der Waals surface area contributed by atoms with Gasteiger partial charge in [-0.1, -0.05) is 46.4 Å². The summed E-state index contributed by atoms with van der Waals surface area (Å²) in [6, 6.07) is 7.91. The highest BCUT2D eigenvalue weighted by Gasteiger charge is 1.86. The molecule has 1 aromatic carbocycles. The van der Waals surface area contributed by atoms with Crippen molar-refractivity contribution in [3.05, 3.63) is 40.4 Å². The summed E-state index contributed by atoms with van der Waals surface area (Å²) in [7, 11) is 0. The van der Waals surface area contributed by atoms with Crippen LogP contribution >= 0.6 is 28.1 Å². The zero-order valence-corrected chi connectivity index (χ0v) is 8.73. The normalized spacial score (nSPS) is 10.4. The van der Waals surface area contributed by atoms with Crippen molar-refractivity contribution in [3.63, 3.8) is 0 Å². The van der Waals surface area contributed by atoms with E-state index in [1.807, 2.05) is 30.3 Å². The molecule has 0 aliphatic rings. The van der Waals surface area contributed by atoms with Gasteiger partial charge in [0.05, 0.1) is 4.99 Å². The van der Waals surface area contributed by atoms with Gasteiger partial charge in [0.25, 0.3) is 0 Å². The van der Waals surface area contributed by atoms with Gasteiger partial charge in [0.1, 0.15) is 0 Å². The Labute approximate surface area is 85.4 Å². The number of hydrogen-bond donors (Lipinski definition) is 1. The Bertz CT molecular complexity index is 303. The van der Waals surface area contributed by atoms with Crippen LogP contribution in [0.15, 0.2) is 34.8 Å². The lowest BCUT2D eigenvalue weighted by molar-refractivity contribution is 1.61. The molecular weight excluding hydrogens is 234 g/mol. The van der Waals surface area contributed by atoms with E-state index >= 15 is 0 Å². The Morgan fingerprint density at radius 3 is 2.42 bits per heavy atom. The van der Waals surface area contributed by atoms with E-state index in [0.717, 1.165) is 10.0 Å². The third kappa shape index (κ3) is 3.15. The highest BCUT2D eigenvalue weighted by Crippen LogP contribution is 2.11. The molecule has 0 bridgehead atoms. The molecule has 0 atom stereocenters. The zero-order valence-electron chi connectivity index (χ0n) is 6.33. The van der Waals surface area contributed by atoms with Gasteiger partial charge in [0.2, 0.25) is 0 Å². The Balaban J connectivity index is 2.77. The molecule has 0 aliphatic heterocycles. The molecule has 0 radical (unpaired) electrons. The molecule has 0 amide bonds. The van der Waals surface area contributed by atoms with Crippen LogP contribution in [0.2, 0.25) is 0 Å². The third-order valence-corrected chi connectivity index (χ3v) is 1.97. The van der Waals surface area contributed by atoms with Crippen LogP contribution in [0, 0.1) is 0 Å². The minimum Gasteiger partial charge on any atom is -0.390 e. The van der Waals surface area contributed by atoms with Gasteiger partial charge in [-0.15, -0.1) is 0 Å². The molecule has 1 aromatic rings. The summed E-state index contributed by atoms with van der Waals surface area (Å²) >= 11 is 8.05. The molecule has 1 rings (SSSR count). The first-order chi connectivity index (χ1) is 5.68. The second-order valence-corrected chi connectivity index (χ2v) is 3.67. The van der Waals surface area contributed by atoms with E-state index in [4.69, 9.17) is 18.0 Å². The first kappa shape index (κ1) is 9.42. The summed E-state index contributed by atoms with van der Waals surface area (Å²) in [4.78, 5) is 0.401. The van der Waals surface area contributed by atoms with Crippen LogP contribution in [0.3, 0.4) is 0 Å². The molecular formula is C9H8BrNS. The molecule has 0 heterocycles. The molecule has 0 aromatic heterocycles. The fourth-order valence-corrected chi connectivity index (χ4v) is 1.08. The third-order valence-electron chi connectivity index (χ3n) is 1.31. The molecule has 3 heteroatoms. The maximum absolute atomic E-state index is 5.31. The summed E-state index contributed by atoms with van der Waals surface area (Å²) in [5, 5.41) is 0.